The SMILES string of the molecule is CNC(C)(C)C(=O)Nc1ccc2cc(Br)ccc2c1. The zero-order chi connectivity index (χ0) is 14.0. The summed E-state index contributed by atoms with van der Waals surface area (Å²) in [5, 5.41) is 8.15. The van der Waals surface area contributed by atoms with Crippen molar-refractivity contribution in [3.8, 4) is 0 Å². The molecular formula is C15H17BrN2O. The van der Waals surface area contributed by atoms with Gasteiger partial charge in [0, 0.05) is 10.2 Å². The minimum absolute atomic E-state index is 0.0496. The average Bonchev–Trinajstić information content (AvgIpc) is 2.38. The van der Waals surface area contributed by atoms with Gasteiger partial charge in [-0.15, -0.1) is 0 Å². The third kappa shape index (κ3) is 3.14. The Morgan fingerprint density at radius 2 is 1.74 bits per heavy atom. The van der Waals surface area contributed by atoms with Crippen LogP contribution in [-0.2, 0) is 4.79 Å². The number of hydrogen-bond donors (Lipinski definition) is 2. The fourth-order valence-electron chi connectivity index (χ4n) is 1.70. The van der Waals surface area contributed by atoms with Crippen molar-refractivity contribution in [2.75, 3.05) is 12.4 Å². The smallest absolute Gasteiger partial charge is 0.244 e. The second-order valence-electron chi connectivity index (χ2n) is 5.04. The maximum atomic E-state index is 12.1. The van der Waals surface area contributed by atoms with Gasteiger partial charge >= 0.3 is 0 Å². The Morgan fingerprint density at radius 1 is 1.11 bits per heavy atom. The van der Waals surface area contributed by atoms with Crippen LogP contribution in [0.4, 0.5) is 5.69 Å². The molecule has 0 saturated carbocycles. The highest BCUT2D eigenvalue weighted by Gasteiger charge is 2.24. The van der Waals surface area contributed by atoms with E-state index >= 15 is 0 Å². The highest BCUT2D eigenvalue weighted by atomic mass is 79.9. The van der Waals surface area contributed by atoms with E-state index in [0.717, 1.165) is 20.9 Å². The van der Waals surface area contributed by atoms with E-state index in [1.807, 2.05) is 44.2 Å². The monoisotopic (exact) mass is 320 g/mol. The Bertz CT molecular complexity index is 623. The first-order valence-corrected chi connectivity index (χ1v) is 6.91. The summed E-state index contributed by atoms with van der Waals surface area (Å²) < 4.78 is 1.05. The van der Waals surface area contributed by atoms with Crippen LogP contribution in [0, 0.1) is 0 Å². The predicted molar refractivity (Wildman–Crippen MR) is 83.4 cm³/mol. The van der Waals surface area contributed by atoms with E-state index in [0.29, 0.717) is 0 Å². The second-order valence-corrected chi connectivity index (χ2v) is 5.95. The van der Waals surface area contributed by atoms with Gasteiger partial charge in [-0.2, -0.15) is 0 Å². The molecule has 2 aromatic rings. The average molecular weight is 321 g/mol. The number of halogens is 1. The molecule has 1 amide bonds. The van der Waals surface area contributed by atoms with Crippen LogP contribution in [0.2, 0.25) is 0 Å². The van der Waals surface area contributed by atoms with Gasteiger partial charge in [-0.05, 0) is 55.9 Å². The van der Waals surface area contributed by atoms with E-state index in [4.69, 9.17) is 0 Å². The van der Waals surface area contributed by atoms with Gasteiger partial charge in [0.05, 0.1) is 5.54 Å². The van der Waals surface area contributed by atoms with Gasteiger partial charge in [0.1, 0.15) is 0 Å². The summed E-state index contributed by atoms with van der Waals surface area (Å²) >= 11 is 3.45. The molecule has 3 nitrogen and oxygen atoms in total. The molecule has 0 aromatic heterocycles. The molecule has 2 aromatic carbocycles. The van der Waals surface area contributed by atoms with Gasteiger partial charge < -0.3 is 10.6 Å². The lowest BCUT2D eigenvalue weighted by molar-refractivity contribution is -0.121. The van der Waals surface area contributed by atoms with Crippen LogP contribution in [0.5, 0.6) is 0 Å². The van der Waals surface area contributed by atoms with Crippen LogP contribution in [0.15, 0.2) is 40.9 Å². The molecule has 0 heterocycles. The van der Waals surface area contributed by atoms with Gasteiger partial charge in [-0.25, -0.2) is 0 Å². The summed E-state index contributed by atoms with van der Waals surface area (Å²) in [6.07, 6.45) is 0. The lowest BCUT2D eigenvalue weighted by atomic mass is 10.0. The first-order valence-electron chi connectivity index (χ1n) is 6.12. The van der Waals surface area contributed by atoms with Gasteiger partial charge in [-0.3, -0.25) is 4.79 Å². The first-order chi connectivity index (χ1) is 8.92. The Balaban J connectivity index is 2.27. The minimum atomic E-state index is -0.589. The third-order valence-corrected chi connectivity index (χ3v) is 3.75. The quantitative estimate of drug-likeness (QED) is 0.908. The molecule has 0 spiro atoms. The number of nitrogens with one attached hydrogen (secondary N) is 2. The number of amides is 1. The van der Waals surface area contributed by atoms with Crippen LogP contribution < -0.4 is 10.6 Å². The number of fused-ring (bicyclic) bond motifs is 1. The van der Waals surface area contributed by atoms with Gasteiger partial charge in [-0.1, -0.05) is 28.1 Å². The van der Waals surface area contributed by atoms with E-state index in [-0.39, 0.29) is 5.91 Å². The molecule has 2 rings (SSSR count). The van der Waals surface area contributed by atoms with E-state index in [1.54, 1.807) is 7.05 Å². The van der Waals surface area contributed by atoms with Crippen molar-refractivity contribution in [1.82, 2.24) is 5.32 Å². The van der Waals surface area contributed by atoms with Crippen LogP contribution >= 0.6 is 15.9 Å². The molecule has 0 aliphatic carbocycles. The molecule has 0 aliphatic rings. The van der Waals surface area contributed by atoms with Crippen molar-refractivity contribution in [2.45, 2.75) is 19.4 Å². The zero-order valence-electron chi connectivity index (χ0n) is 11.3. The van der Waals surface area contributed by atoms with Crippen molar-refractivity contribution >= 4 is 38.3 Å². The Kier molecular flexibility index (Phi) is 3.92. The largest absolute Gasteiger partial charge is 0.324 e. The van der Waals surface area contributed by atoms with Crippen LogP contribution in [0.3, 0.4) is 0 Å². The standard InChI is InChI=1S/C15H17BrN2O/c1-15(2,17-3)14(19)18-13-7-5-10-8-12(16)6-4-11(10)9-13/h4-9,17H,1-3H3,(H,18,19). The summed E-state index contributed by atoms with van der Waals surface area (Å²) in [5.41, 5.74) is 0.220. The molecule has 0 bridgehead atoms. The highest BCUT2D eigenvalue weighted by Crippen LogP contribution is 2.23. The van der Waals surface area contributed by atoms with Gasteiger partial charge in [0.25, 0.3) is 0 Å². The normalized spacial score (nSPS) is 11.6. The Labute approximate surface area is 121 Å². The molecule has 2 N–H and O–H groups in total. The van der Waals surface area contributed by atoms with Gasteiger partial charge in [0.15, 0.2) is 0 Å². The molecule has 0 atom stereocenters. The van der Waals surface area contributed by atoms with E-state index < -0.39 is 5.54 Å². The number of carbonyl (C=O) groups excluding carboxylic acids is 1. The molecule has 0 aliphatic heterocycles. The van der Waals surface area contributed by atoms with E-state index in [1.165, 1.54) is 0 Å². The highest BCUT2D eigenvalue weighted by molar-refractivity contribution is 9.10. The molecule has 0 unspecified atom stereocenters. The number of carbonyl (C=O) groups is 1. The van der Waals surface area contributed by atoms with Crippen LogP contribution in [0.25, 0.3) is 10.8 Å². The van der Waals surface area contributed by atoms with Crippen molar-refractivity contribution in [3.63, 3.8) is 0 Å². The summed E-state index contributed by atoms with van der Waals surface area (Å²) in [4.78, 5) is 12.1. The maximum absolute atomic E-state index is 12.1. The number of hydrogen-bond acceptors (Lipinski definition) is 2. The zero-order valence-corrected chi connectivity index (χ0v) is 12.8. The van der Waals surface area contributed by atoms with E-state index in [9.17, 15) is 4.79 Å². The number of benzene rings is 2. The Hall–Kier alpha value is -1.39. The third-order valence-electron chi connectivity index (χ3n) is 3.25. The molecule has 4 heteroatoms. The Morgan fingerprint density at radius 3 is 2.42 bits per heavy atom. The molecule has 0 saturated heterocycles. The maximum Gasteiger partial charge on any atom is 0.244 e. The molecule has 100 valence electrons. The topological polar surface area (TPSA) is 41.1 Å². The minimum Gasteiger partial charge on any atom is -0.324 e. The summed E-state index contributed by atoms with van der Waals surface area (Å²) in [6, 6.07) is 12.0. The van der Waals surface area contributed by atoms with Crippen molar-refractivity contribution in [2.24, 2.45) is 0 Å². The number of anilines is 1. The lowest BCUT2D eigenvalue weighted by Crippen LogP contribution is -2.47. The molecule has 19 heavy (non-hydrogen) atoms. The first kappa shape index (κ1) is 14.0. The predicted octanol–water partition coefficient (Wildman–Crippen LogP) is 3.54. The van der Waals surface area contributed by atoms with Crippen molar-refractivity contribution in [1.29, 1.82) is 0 Å². The fourth-order valence-corrected chi connectivity index (χ4v) is 2.07. The number of rotatable bonds is 3. The summed E-state index contributed by atoms with van der Waals surface area (Å²) in [7, 11) is 1.78. The summed E-state index contributed by atoms with van der Waals surface area (Å²) in [6.45, 7) is 3.70. The second kappa shape index (κ2) is 5.31. The summed E-state index contributed by atoms with van der Waals surface area (Å²) in [5.74, 6) is -0.0496. The van der Waals surface area contributed by atoms with Crippen LogP contribution in [0.1, 0.15) is 13.8 Å². The lowest BCUT2D eigenvalue weighted by Gasteiger charge is -2.22. The molecule has 0 radical (unpaired) electrons. The van der Waals surface area contributed by atoms with Crippen LogP contribution in [-0.4, -0.2) is 18.5 Å². The van der Waals surface area contributed by atoms with Crippen molar-refractivity contribution in [3.05, 3.63) is 40.9 Å². The number of likely N-dealkylation sites (N-methyl/N-ethyl adjacent to an activating group) is 1. The van der Waals surface area contributed by atoms with E-state index in [2.05, 4.69) is 32.6 Å². The van der Waals surface area contributed by atoms with Gasteiger partial charge in [0.2, 0.25) is 5.91 Å². The molecular weight excluding hydrogens is 304 g/mol. The fraction of sp³-hybridized carbons (Fsp3) is 0.267. The molecule has 0 fully saturated rings. The van der Waals surface area contributed by atoms with Crippen molar-refractivity contribution < 1.29 is 4.79 Å².